The average molecular weight is 243 g/mol. The lowest BCUT2D eigenvalue weighted by Gasteiger charge is -2.09. The Balaban J connectivity index is 2.14. The number of halogens is 1. The Morgan fingerprint density at radius 3 is 2.88 bits per heavy atom. The van der Waals surface area contributed by atoms with Gasteiger partial charge in [-0.2, -0.15) is 4.98 Å². The number of nitrogens with two attached hydrogens (primary N) is 1. The summed E-state index contributed by atoms with van der Waals surface area (Å²) in [6.45, 7) is 0. The van der Waals surface area contributed by atoms with Gasteiger partial charge in [-0.05, 0) is 12.8 Å². The first kappa shape index (κ1) is 11.1. The van der Waals surface area contributed by atoms with Crippen molar-refractivity contribution in [2.45, 2.75) is 18.4 Å². The minimum absolute atomic E-state index is 0.103. The second-order valence-electron chi connectivity index (χ2n) is 3.67. The molecule has 1 fully saturated rings. The molecule has 7 heteroatoms. The molecule has 2 rings (SSSR count). The molecule has 3 N–H and O–H groups in total. The number of rotatable bonds is 3. The van der Waals surface area contributed by atoms with E-state index >= 15 is 0 Å². The molecule has 0 spiro atoms. The molecular weight excluding hydrogens is 232 g/mol. The Kier molecular flexibility index (Phi) is 2.69. The molecule has 6 nitrogen and oxygen atoms in total. The smallest absolute Gasteiger partial charge is 0.246 e. The van der Waals surface area contributed by atoms with Crippen molar-refractivity contribution in [2.75, 3.05) is 12.4 Å². The SMILES string of the molecule is COc1cc(Cl)nc(NC(=O)C2(N)CC2)n1. The summed E-state index contributed by atoms with van der Waals surface area (Å²) < 4.78 is 4.90. The van der Waals surface area contributed by atoms with Crippen molar-refractivity contribution < 1.29 is 9.53 Å². The monoisotopic (exact) mass is 242 g/mol. The fraction of sp³-hybridized carbons (Fsp3) is 0.444. The molecule has 0 bridgehead atoms. The largest absolute Gasteiger partial charge is 0.481 e. The first-order valence-electron chi connectivity index (χ1n) is 4.72. The van der Waals surface area contributed by atoms with Crippen LogP contribution in [0.4, 0.5) is 5.95 Å². The van der Waals surface area contributed by atoms with Gasteiger partial charge in [0.25, 0.3) is 0 Å². The van der Waals surface area contributed by atoms with Crippen LogP contribution in [-0.2, 0) is 4.79 Å². The molecule has 1 amide bonds. The van der Waals surface area contributed by atoms with Gasteiger partial charge < -0.3 is 10.5 Å². The molecule has 86 valence electrons. The number of hydrogen-bond donors (Lipinski definition) is 2. The van der Waals surface area contributed by atoms with Gasteiger partial charge in [0.2, 0.25) is 17.7 Å². The maximum Gasteiger partial charge on any atom is 0.246 e. The highest BCUT2D eigenvalue weighted by Gasteiger charge is 2.46. The van der Waals surface area contributed by atoms with Gasteiger partial charge in [0.1, 0.15) is 5.15 Å². The third-order valence-corrected chi connectivity index (χ3v) is 2.54. The summed E-state index contributed by atoms with van der Waals surface area (Å²) >= 11 is 5.73. The van der Waals surface area contributed by atoms with Crippen molar-refractivity contribution in [3.05, 3.63) is 11.2 Å². The molecule has 0 saturated heterocycles. The fourth-order valence-corrected chi connectivity index (χ4v) is 1.32. The molecule has 1 aliphatic rings. The van der Waals surface area contributed by atoms with Crippen LogP contribution in [0.1, 0.15) is 12.8 Å². The molecule has 0 unspecified atom stereocenters. The van der Waals surface area contributed by atoms with Crippen molar-refractivity contribution in [3.8, 4) is 5.88 Å². The highest BCUT2D eigenvalue weighted by atomic mass is 35.5. The number of methoxy groups -OCH3 is 1. The molecule has 1 heterocycles. The minimum atomic E-state index is -0.765. The maximum atomic E-state index is 11.6. The number of ether oxygens (including phenoxy) is 1. The molecular formula is C9H11ClN4O2. The highest BCUT2D eigenvalue weighted by Crippen LogP contribution is 2.33. The van der Waals surface area contributed by atoms with Crippen molar-refractivity contribution >= 4 is 23.5 Å². The number of hydrogen-bond acceptors (Lipinski definition) is 5. The van der Waals surface area contributed by atoms with Crippen molar-refractivity contribution in [1.29, 1.82) is 0 Å². The van der Waals surface area contributed by atoms with Crippen LogP contribution >= 0.6 is 11.6 Å². The first-order valence-corrected chi connectivity index (χ1v) is 5.10. The Hall–Kier alpha value is -1.40. The Morgan fingerprint density at radius 1 is 1.62 bits per heavy atom. The molecule has 0 aliphatic heterocycles. The first-order chi connectivity index (χ1) is 7.53. The summed E-state index contributed by atoms with van der Waals surface area (Å²) in [6, 6.07) is 1.45. The van der Waals surface area contributed by atoms with E-state index in [9.17, 15) is 4.79 Å². The number of anilines is 1. The predicted molar refractivity (Wildman–Crippen MR) is 58.4 cm³/mol. The summed E-state index contributed by atoms with van der Waals surface area (Å²) in [5.74, 6) is 0.0973. The number of carbonyl (C=O) groups is 1. The van der Waals surface area contributed by atoms with E-state index in [4.69, 9.17) is 22.1 Å². The summed E-state index contributed by atoms with van der Waals surface area (Å²) in [4.78, 5) is 19.4. The predicted octanol–water partition coefficient (Wildman–Crippen LogP) is 0.568. The van der Waals surface area contributed by atoms with E-state index in [-0.39, 0.29) is 22.9 Å². The summed E-state index contributed by atoms with van der Waals surface area (Å²) in [7, 11) is 1.45. The van der Waals surface area contributed by atoms with Gasteiger partial charge in [-0.15, -0.1) is 0 Å². The second kappa shape index (κ2) is 3.88. The van der Waals surface area contributed by atoms with Gasteiger partial charge in [0.15, 0.2) is 0 Å². The third-order valence-electron chi connectivity index (χ3n) is 2.35. The number of amides is 1. The molecule has 0 atom stereocenters. The van der Waals surface area contributed by atoms with Crippen LogP contribution in [0.25, 0.3) is 0 Å². The van der Waals surface area contributed by atoms with Gasteiger partial charge in [0.05, 0.1) is 12.6 Å². The van der Waals surface area contributed by atoms with Crippen LogP contribution in [0.2, 0.25) is 5.15 Å². The lowest BCUT2D eigenvalue weighted by molar-refractivity contribution is -0.118. The van der Waals surface area contributed by atoms with E-state index in [0.29, 0.717) is 12.8 Å². The second-order valence-corrected chi connectivity index (χ2v) is 4.05. The molecule has 1 saturated carbocycles. The van der Waals surface area contributed by atoms with E-state index in [1.165, 1.54) is 13.2 Å². The zero-order valence-corrected chi connectivity index (χ0v) is 9.41. The molecule has 0 aromatic carbocycles. The van der Waals surface area contributed by atoms with Crippen LogP contribution < -0.4 is 15.8 Å². The molecule has 1 aromatic heterocycles. The lowest BCUT2D eigenvalue weighted by Crippen LogP contribution is -2.38. The van der Waals surface area contributed by atoms with Crippen molar-refractivity contribution in [3.63, 3.8) is 0 Å². The Morgan fingerprint density at radius 2 is 2.31 bits per heavy atom. The molecule has 0 radical (unpaired) electrons. The van der Waals surface area contributed by atoms with Gasteiger partial charge in [-0.25, -0.2) is 4.98 Å². The standard InChI is InChI=1S/C9H11ClN4O2/c1-16-6-4-5(10)12-8(13-6)14-7(15)9(11)2-3-9/h4H,2-3,11H2,1H3,(H,12,13,14,15). The van der Waals surface area contributed by atoms with Gasteiger partial charge >= 0.3 is 0 Å². The third kappa shape index (κ3) is 2.23. The Labute approximate surface area is 97.2 Å². The molecule has 1 aliphatic carbocycles. The van der Waals surface area contributed by atoms with Crippen LogP contribution in [0, 0.1) is 0 Å². The van der Waals surface area contributed by atoms with Crippen LogP contribution in [0.5, 0.6) is 5.88 Å². The number of aromatic nitrogens is 2. The van der Waals surface area contributed by atoms with E-state index < -0.39 is 5.54 Å². The van der Waals surface area contributed by atoms with E-state index in [0.717, 1.165) is 0 Å². The van der Waals surface area contributed by atoms with E-state index in [2.05, 4.69) is 15.3 Å². The van der Waals surface area contributed by atoms with Crippen LogP contribution in [0.15, 0.2) is 6.07 Å². The van der Waals surface area contributed by atoms with E-state index in [1.54, 1.807) is 0 Å². The Bertz CT molecular complexity index is 434. The van der Waals surface area contributed by atoms with Gasteiger partial charge in [-0.1, -0.05) is 11.6 Å². The van der Waals surface area contributed by atoms with E-state index in [1.807, 2.05) is 0 Å². The van der Waals surface area contributed by atoms with Crippen molar-refractivity contribution in [1.82, 2.24) is 9.97 Å². The molecule has 1 aromatic rings. The van der Waals surface area contributed by atoms with Crippen molar-refractivity contribution in [2.24, 2.45) is 5.73 Å². The number of nitrogens with one attached hydrogen (secondary N) is 1. The summed E-state index contributed by atoms with van der Waals surface area (Å²) in [5.41, 5.74) is 4.95. The summed E-state index contributed by atoms with van der Waals surface area (Å²) in [6.07, 6.45) is 1.35. The topological polar surface area (TPSA) is 90.1 Å². The quantitative estimate of drug-likeness (QED) is 0.757. The zero-order chi connectivity index (χ0) is 11.8. The number of carbonyl (C=O) groups excluding carboxylic acids is 1. The fourth-order valence-electron chi connectivity index (χ4n) is 1.15. The van der Waals surface area contributed by atoms with Gasteiger partial charge in [-0.3, -0.25) is 10.1 Å². The lowest BCUT2D eigenvalue weighted by atomic mass is 10.3. The minimum Gasteiger partial charge on any atom is -0.481 e. The normalized spacial score (nSPS) is 16.7. The summed E-state index contributed by atoms with van der Waals surface area (Å²) in [5, 5.41) is 2.71. The average Bonchev–Trinajstić information content (AvgIpc) is 2.97. The number of nitrogens with zero attached hydrogens (tertiary/aromatic N) is 2. The highest BCUT2D eigenvalue weighted by molar-refractivity contribution is 6.29. The van der Waals surface area contributed by atoms with Gasteiger partial charge in [0, 0.05) is 6.07 Å². The zero-order valence-electron chi connectivity index (χ0n) is 8.66. The van der Waals surface area contributed by atoms with Crippen LogP contribution in [-0.4, -0.2) is 28.5 Å². The van der Waals surface area contributed by atoms with Crippen LogP contribution in [0.3, 0.4) is 0 Å². The maximum absolute atomic E-state index is 11.6. The molecule has 16 heavy (non-hydrogen) atoms.